The molecule has 1 aliphatic rings. The molecule has 2 aromatic rings. The summed E-state index contributed by atoms with van der Waals surface area (Å²) < 4.78 is 5.25. The Morgan fingerprint density at radius 1 is 1.36 bits per heavy atom. The lowest BCUT2D eigenvalue weighted by Crippen LogP contribution is -2.46. The van der Waals surface area contributed by atoms with Gasteiger partial charge in [-0.05, 0) is 37.9 Å². The maximum atomic E-state index is 12.4. The predicted octanol–water partition coefficient (Wildman–Crippen LogP) is 2.01. The number of hydrogen-bond acceptors (Lipinski definition) is 4. The van der Waals surface area contributed by atoms with Crippen molar-refractivity contribution in [2.75, 3.05) is 13.1 Å². The van der Waals surface area contributed by atoms with Crippen LogP contribution < -0.4 is 16.3 Å². The first kappa shape index (κ1) is 16.5. The zero-order chi connectivity index (χ0) is 14.8. The van der Waals surface area contributed by atoms with Crippen LogP contribution >= 0.6 is 12.4 Å². The van der Waals surface area contributed by atoms with E-state index >= 15 is 0 Å². The SMILES string of the molecule is Cc1c(C(=O)NC2CCCNC2)c(=O)oc2ccccc12.Cl. The summed E-state index contributed by atoms with van der Waals surface area (Å²) in [4.78, 5) is 24.5. The molecule has 22 heavy (non-hydrogen) atoms. The Kier molecular flexibility index (Phi) is 5.21. The Morgan fingerprint density at radius 2 is 2.14 bits per heavy atom. The molecule has 2 N–H and O–H groups in total. The van der Waals surface area contributed by atoms with E-state index in [0.717, 1.165) is 31.3 Å². The number of para-hydroxylation sites is 1. The maximum absolute atomic E-state index is 12.4. The van der Waals surface area contributed by atoms with Crippen molar-refractivity contribution in [2.45, 2.75) is 25.8 Å². The van der Waals surface area contributed by atoms with Gasteiger partial charge < -0.3 is 15.1 Å². The largest absolute Gasteiger partial charge is 0.422 e. The lowest BCUT2D eigenvalue weighted by molar-refractivity contribution is 0.0926. The fourth-order valence-corrected chi connectivity index (χ4v) is 2.80. The number of hydrogen-bond donors (Lipinski definition) is 2. The van der Waals surface area contributed by atoms with Gasteiger partial charge in [-0.2, -0.15) is 0 Å². The second-order valence-corrected chi connectivity index (χ2v) is 5.40. The fourth-order valence-electron chi connectivity index (χ4n) is 2.80. The van der Waals surface area contributed by atoms with Crippen molar-refractivity contribution in [1.29, 1.82) is 0 Å². The second kappa shape index (κ2) is 6.94. The highest BCUT2D eigenvalue weighted by Gasteiger charge is 2.22. The van der Waals surface area contributed by atoms with Gasteiger partial charge in [0.25, 0.3) is 5.91 Å². The van der Waals surface area contributed by atoms with Gasteiger partial charge >= 0.3 is 5.63 Å². The second-order valence-electron chi connectivity index (χ2n) is 5.40. The Hall–Kier alpha value is -1.85. The van der Waals surface area contributed by atoms with Crippen LogP contribution in [0.2, 0.25) is 0 Å². The van der Waals surface area contributed by atoms with Crippen molar-refractivity contribution in [3.05, 3.63) is 45.8 Å². The third-order valence-corrected chi connectivity index (χ3v) is 3.93. The summed E-state index contributed by atoms with van der Waals surface area (Å²) in [5.74, 6) is -0.347. The molecule has 2 heterocycles. The number of rotatable bonds is 2. The average molecular weight is 323 g/mol. The summed E-state index contributed by atoms with van der Waals surface area (Å²) in [5, 5.41) is 6.95. The van der Waals surface area contributed by atoms with Crippen molar-refractivity contribution in [3.8, 4) is 0 Å². The quantitative estimate of drug-likeness (QED) is 0.830. The maximum Gasteiger partial charge on any atom is 0.349 e. The zero-order valence-corrected chi connectivity index (χ0v) is 13.2. The van der Waals surface area contributed by atoms with Gasteiger partial charge in [0.2, 0.25) is 0 Å². The van der Waals surface area contributed by atoms with Gasteiger partial charge in [0.15, 0.2) is 0 Å². The lowest BCUT2D eigenvalue weighted by atomic mass is 10.0. The Labute approximate surface area is 134 Å². The van der Waals surface area contributed by atoms with Crippen molar-refractivity contribution in [3.63, 3.8) is 0 Å². The summed E-state index contributed by atoms with van der Waals surface area (Å²) in [6.07, 6.45) is 1.95. The smallest absolute Gasteiger partial charge is 0.349 e. The van der Waals surface area contributed by atoms with E-state index in [-0.39, 0.29) is 29.9 Å². The number of aryl methyl sites for hydroxylation is 1. The van der Waals surface area contributed by atoms with E-state index in [1.807, 2.05) is 12.1 Å². The first-order valence-corrected chi connectivity index (χ1v) is 7.21. The molecule has 1 amide bonds. The molecule has 6 heteroatoms. The molecular formula is C16H19ClN2O3. The summed E-state index contributed by atoms with van der Waals surface area (Å²) in [6, 6.07) is 7.32. The number of fused-ring (bicyclic) bond motifs is 1. The predicted molar refractivity (Wildman–Crippen MR) is 87.8 cm³/mol. The van der Waals surface area contributed by atoms with Crippen LogP contribution in [0, 0.1) is 6.92 Å². The van der Waals surface area contributed by atoms with Crippen LogP contribution in [0.15, 0.2) is 33.5 Å². The fraction of sp³-hybridized carbons (Fsp3) is 0.375. The highest BCUT2D eigenvalue weighted by Crippen LogP contribution is 2.19. The zero-order valence-electron chi connectivity index (χ0n) is 12.3. The lowest BCUT2D eigenvalue weighted by Gasteiger charge is -2.23. The molecule has 0 radical (unpaired) electrons. The highest BCUT2D eigenvalue weighted by atomic mass is 35.5. The van der Waals surface area contributed by atoms with E-state index in [4.69, 9.17) is 4.42 Å². The first-order chi connectivity index (χ1) is 10.2. The van der Waals surface area contributed by atoms with Crippen LogP contribution in [-0.2, 0) is 0 Å². The highest BCUT2D eigenvalue weighted by molar-refractivity contribution is 5.99. The Bertz CT molecular complexity index is 736. The van der Waals surface area contributed by atoms with Gasteiger partial charge in [0.1, 0.15) is 11.1 Å². The molecule has 1 aliphatic heterocycles. The number of halogens is 1. The third-order valence-electron chi connectivity index (χ3n) is 3.93. The van der Waals surface area contributed by atoms with E-state index in [0.29, 0.717) is 11.1 Å². The van der Waals surface area contributed by atoms with Crippen molar-refractivity contribution < 1.29 is 9.21 Å². The van der Waals surface area contributed by atoms with Gasteiger partial charge in [0, 0.05) is 18.0 Å². The van der Waals surface area contributed by atoms with Crippen LogP contribution in [-0.4, -0.2) is 25.0 Å². The van der Waals surface area contributed by atoms with Gasteiger partial charge in [-0.25, -0.2) is 4.79 Å². The third kappa shape index (κ3) is 3.15. The molecule has 0 aliphatic carbocycles. The van der Waals surface area contributed by atoms with Crippen LogP contribution in [0.5, 0.6) is 0 Å². The van der Waals surface area contributed by atoms with Gasteiger partial charge in [-0.3, -0.25) is 4.79 Å². The average Bonchev–Trinajstić information content (AvgIpc) is 2.48. The van der Waals surface area contributed by atoms with Crippen LogP contribution in [0.1, 0.15) is 28.8 Å². The molecule has 0 saturated carbocycles. The molecule has 1 unspecified atom stereocenters. The molecule has 1 saturated heterocycles. The summed E-state index contributed by atoms with van der Waals surface area (Å²) in [5.41, 5.74) is 0.714. The number of nitrogens with one attached hydrogen (secondary N) is 2. The van der Waals surface area contributed by atoms with Crippen molar-refractivity contribution >= 4 is 29.3 Å². The van der Waals surface area contributed by atoms with Gasteiger partial charge in [-0.15, -0.1) is 12.4 Å². The molecule has 118 valence electrons. The van der Waals surface area contributed by atoms with Crippen LogP contribution in [0.3, 0.4) is 0 Å². The normalized spacial score (nSPS) is 17.8. The summed E-state index contributed by atoms with van der Waals surface area (Å²) in [7, 11) is 0. The van der Waals surface area contributed by atoms with E-state index < -0.39 is 5.63 Å². The number of carbonyl (C=O) groups is 1. The molecule has 0 spiro atoms. The monoisotopic (exact) mass is 322 g/mol. The molecular weight excluding hydrogens is 304 g/mol. The van der Waals surface area contributed by atoms with E-state index in [1.54, 1.807) is 19.1 Å². The van der Waals surface area contributed by atoms with E-state index in [9.17, 15) is 9.59 Å². The molecule has 1 fully saturated rings. The minimum atomic E-state index is -0.576. The Balaban J connectivity index is 0.00000176. The van der Waals surface area contributed by atoms with Gasteiger partial charge in [-0.1, -0.05) is 18.2 Å². The molecule has 1 atom stereocenters. The van der Waals surface area contributed by atoms with Gasteiger partial charge in [0.05, 0.1) is 0 Å². The number of carbonyl (C=O) groups excluding carboxylic acids is 1. The number of benzene rings is 1. The number of piperidine rings is 1. The van der Waals surface area contributed by atoms with E-state index in [1.165, 1.54) is 0 Å². The first-order valence-electron chi connectivity index (χ1n) is 7.21. The van der Waals surface area contributed by atoms with Crippen molar-refractivity contribution in [2.24, 2.45) is 0 Å². The van der Waals surface area contributed by atoms with E-state index in [2.05, 4.69) is 10.6 Å². The minimum Gasteiger partial charge on any atom is -0.422 e. The van der Waals surface area contributed by atoms with Crippen molar-refractivity contribution in [1.82, 2.24) is 10.6 Å². The molecule has 1 aromatic heterocycles. The minimum absolute atomic E-state index is 0. The summed E-state index contributed by atoms with van der Waals surface area (Å²) >= 11 is 0. The molecule has 0 bridgehead atoms. The molecule has 5 nitrogen and oxygen atoms in total. The topological polar surface area (TPSA) is 71.3 Å². The van der Waals surface area contributed by atoms with Crippen LogP contribution in [0.25, 0.3) is 11.0 Å². The standard InChI is InChI=1S/C16H18N2O3.ClH/c1-10-12-6-2-3-7-13(12)21-16(20)14(10)15(19)18-11-5-4-8-17-9-11;/h2-3,6-7,11,17H,4-5,8-9H2,1H3,(H,18,19);1H. The Morgan fingerprint density at radius 3 is 2.86 bits per heavy atom. The summed E-state index contributed by atoms with van der Waals surface area (Å²) in [6.45, 7) is 3.50. The molecule has 1 aromatic carbocycles. The number of amides is 1. The molecule has 3 rings (SSSR count). The van der Waals surface area contributed by atoms with Crippen LogP contribution in [0.4, 0.5) is 0 Å².